The summed E-state index contributed by atoms with van der Waals surface area (Å²) in [5.74, 6) is -7.12. The van der Waals surface area contributed by atoms with Crippen LogP contribution >= 0.6 is 0 Å². The highest BCUT2D eigenvalue weighted by atomic mass is 16.4. The summed E-state index contributed by atoms with van der Waals surface area (Å²) in [6.45, 7) is 2.32. The van der Waals surface area contributed by atoms with Gasteiger partial charge in [0.25, 0.3) is 0 Å². The topological polar surface area (TPSA) is 251 Å². The molecule has 0 aromatic heterocycles. The maximum Gasteiger partial charge on any atom is 0.326 e. The zero-order valence-corrected chi connectivity index (χ0v) is 17.2. The molecule has 0 saturated heterocycles. The largest absolute Gasteiger partial charge is 0.481 e. The quantitative estimate of drug-likeness (QED) is 0.129. The lowest BCUT2D eigenvalue weighted by Crippen LogP contribution is -2.58. The zero-order valence-electron chi connectivity index (χ0n) is 17.2. The van der Waals surface area contributed by atoms with Crippen LogP contribution in [0.2, 0.25) is 0 Å². The zero-order chi connectivity index (χ0) is 24.3. The van der Waals surface area contributed by atoms with Gasteiger partial charge in [-0.3, -0.25) is 24.0 Å². The first-order chi connectivity index (χ1) is 14.3. The molecule has 4 amide bonds. The second-order valence-corrected chi connectivity index (χ2v) is 7.08. The van der Waals surface area contributed by atoms with E-state index in [1.807, 2.05) is 0 Å². The molecule has 0 heterocycles. The van der Waals surface area contributed by atoms with Crippen LogP contribution in [0.4, 0.5) is 0 Å². The van der Waals surface area contributed by atoms with Gasteiger partial charge >= 0.3 is 11.9 Å². The number of primary amides is 1. The molecule has 0 aliphatic heterocycles. The fourth-order valence-corrected chi connectivity index (χ4v) is 2.34. The number of nitrogens with two attached hydrogens (primary N) is 2. The van der Waals surface area contributed by atoms with Crippen molar-refractivity contribution in [2.75, 3.05) is 6.61 Å². The number of hydrogen-bond acceptors (Lipinski definition) is 8. The smallest absolute Gasteiger partial charge is 0.326 e. The predicted molar refractivity (Wildman–Crippen MR) is 104 cm³/mol. The van der Waals surface area contributed by atoms with E-state index < -0.39 is 78.7 Å². The SMILES string of the molecule is CC(C)C(NC(=O)C(CCC(N)=O)NC(=O)C(CC(=O)O)NC(=O)C(N)CO)C(=O)O. The van der Waals surface area contributed by atoms with Gasteiger partial charge < -0.3 is 42.7 Å². The van der Waals surface area contributed by atoms with Gasteiger partial charge in [0.2, 0.25) is 23.6 Å². The molecule has 176 valence electrons. The molecule has 31 heavy (non-hydrogen) atoms. The number of hydrogen-bond donors (Lipinski definition) is 8. The summed E-state index contributed by atoms with van der Waals surface area (Å²) in [5, 5.41) is 33.6. The van der Waals surface area contributed by atoms with Gasteiger partial charge in [-0.2, -0.15) is 0 Å². The third-order valence-corrected chi connectivity index (χ3v) is 4.09. The van der Waals surface area contributed by atoms with E-state index in [-0.39, 0.29) is 12.8 Å². The Morgan fingerprint density at radius 1 is 0.871 bits per heavy atom. The van der Waals surface area contributed by atoms with Crippen LogP contribution in [-0.2, 0) is 28.8 Å². The third kappa shape index (κ3) is 10.4. The van der Waals surface area contributed by atoms with Crippen molar-refractivity contribution in [3.05, 3.63) is 0 Å². The molecule has 0 rings (SSSR count). The number of carbonyl (C=O) groups is 6. The molecule has 10 N–H and O–H groups in total. The van der Waals surface area contributed by atoms with Gasteiger partial charge in [0.15, 0.2) is 0 Å². The minimum atomic E-state index is -1.66. The van der Waals surface area contributed by atoms with Crippen molar-refractivity contribution >= 4 is 35.6 Å². The van der Waals surface area contributed by atoms with E-state index in [9.17, 15) is 33.9 Å². The van der Waals surface area contributed by atoms with Crippen LogP contribution in [0.15, 0.2) is 0 Å². The standard InChI is InChI=1S/C17H29N5O9/c1-7(2)13(17(30)31)22-15(28)9(3-4-11(19)24)20-16(29)10(5-12(25)26)21-14(27)8(18)6-23/h7-10,13,23H,3-6,18H2,1-2H3,(H2,19,24)(H,20,29)(H,21,27)(H,22,28)(H,25,26)(H,30,31). The summed E-state index contributed by atoms with van der Waals surface area (Å²) >= 11 is 0. The van der Waals surface area contributed by atoms with Gasteiger partial charge in [-0.15, -0.1) is 0 Å². The van der Waals surface area contributed by atoms with Crippen LogP contribution in [0.3, 0.4) is 0 Å². The van der Waals surface area contributed by atoms with Crippen LogP contribution < -0.4 is 27.4 Å². The molecule has 0 aromatic carbocycles. The second kappa shape index (κ2) is 13.1. The average molecular weight is 447 g/mol. The Balaban J connectivity index is 5.55. The number of carbonyl (C=O) groups excluding carboxylic acids is 4. The lowest BCUT2D eigenvalue weighted by Gasteiger charge is -2.25. The number of aliphatic hydroxyl groups is 1. The number of nitrogens with one attached hydrogen (secondary N) is 3. The highest BCUT2D eigenvalue weighted by Gasteiger charge is 2.32. The third-order valence-electron chi connectivity index (χ3n) is 4.09. The lowest BCUT2D eigenvalue weighted by atomic mass is 10.0. The van der Waals surface area contributed by atoms with Crippen molar-refractivity contribution in [1.82, 2.24) is 16.0 Å². The Bertz CT molecular complexity index is 697. The molecule has 0 spiro atoms. The fourth-order valence-electron chi connectivity index (χ4n) is 2.34. The summed E-state index contributed by atoms with van der Waals surface area (Å²) in [6.07, 6.45) is -1.52. The summed E-state index contributed by atoms with van der Waals surface area (Å²) in [7, 11) is 0. The number of amides is 4. The predicted octanol–water partition coefficient (Wildman–Crippen LogP) is -3.76. The Hall–Kier alpha value is -3.26. The van der Waals surface area contributed by atoms with Gasteiger partial charge in [-0.1, -0.05) is 13.8 Å². The number of carboxylic acid groups (broad SMARTS) is 2. The Morgan fingerprint density at radius 2 is 1.39 bits per heavy atom. The molecule has 0 aliphatic carbocycles. The number of rotatable bonds is 14. The van der Waals surface area contributed by atoms with Gasteiger partial charge in [0, 0.05) is 6.42 Å². The minimum Gasteiger partial charge on any atom is -0.481 e. The molecule has 4 unspecified atom stereocenters. The van der Waals surface area contributed by atoms with Crippen LogP contribution in [0, 0.1) is 5.92 Å². The first-order valence-electron chi connectivity index (χ1n) is 9.30. The first-order valence-corrected chi connectivity index (χ1v) is 9.30. The summed E-state index contributed by atoms with van der Waals surface area (Å²) in [5.41, 5.74) is 10.4. The number of aliphatic hydroxyl groups excluding tert-OH is 1. The molecule has 4 atom stereocenters. The summed E-state index contributed by atoms with van der Waals surface area (Å²) < 4.78 is 0. The molecule has 0 fully saturated rings. The van der Waals surface area contributed by atoms with Gasteiger partial charge in [0.1, 0.15) is 24.2 Å². The molecule has 14 heteroatoms. The van der Waals surface area contributed by atoms with E-state index in [0.29, 0.717) is 0 Å². The Morgan fingerprint density at radius 3 is 1.81 bits per heavy atom. The highest BCUT2D eigenvalue weighted by Crippen LogP contribution is 2.06. The summed E-state index contributed by atoms with van der Waals surface area (Å²) in [4.78, 5) is 70.3. The molecule has 0 aliphatic rings. The molecule has 0 saturated carbocycles. The van der Waals surface area contributed by atoms with Gasteiger partial charge in [-0.05, 0) is 12.3 Å². The minimum absolute atomic E-state index is 0.304. The average Bonchev–Trinajstić information content (AvgIpc) is 2.66. The van der Waals surface area contributed by atoms with Crippen LogP contribution in [0.5, 0.6) is 0 Å². The Labute approximate surface area is 177 Å². The van der Waals surface area contributed by atoms with Crippen molar-refractivity contribution < 1.29 is 44.1 Å². The van der Waals surface area contributed by atoms with E-state index in [2.05, 4.69) is 16.0 Å². The van der Waals surface area contributed by atoms with E-state index in [1.165, 1.54) is 0 Å². The maximum absolute atomic E-state index is 12.5. The fraction of sp³-hybridized carbons (Fsp3) is 0.647. The van der Waals surface area contributed by atoms with Crippen LogP contribution in [0.1, 0.15) is 33.1 Å². The number of carboxylic acids is 2. The molecular weight excluding hydrogens is 418 g/mol. The van der Waals surface area contributed by atoms with E-state index in [0.717, 1.165) is 0 Å². The highest BCUT2D eigenvalue weighted by molar-refractivity contribution is 5.95. The van der Waals surface area contributed by atoms with Gasteiger partial charge in [0.05, 0.1) is 13.0 Å². The molecule has 0 radical (unpaired) electrons. The molecule has 0 aromatic rings. The number of aliphatic carboxylic acids is 2. The monoisotopic (exact) mass is 447 g/mol. The molecule has 14 nitrogen and oxygen atoms in total. The summed E-state index contributed by atoms with van der Waals surface area (Å²) in [6, 6.07) is -5.81. The normalized spacial score (nSPS) is 14.6. The molecule has 0 bridgehead atoms. The van der Waals surface area contributed by atoms with Crippen molar-refractivity contribution in [3.63, 3.8) is 0 Å². The first kappa shape index (κ1) is 27.7. The van der Waals surface area contributed by atoms with Crippen molar-refractivity contribution in [3.8, 4) is 0 Å². The molecular formula is C17H29N5O9. The second-order valence-electron chi connectivity index (χ2n) is 7.08. The van der Waals surface area contributed by atoms with Crippen molar-refractivity contribution in [2.24, 2.45) is 17.4 Å². The van der Waals surface area contributed by atoms with Gasteiger partial charge in [-0.25, -0.2) is 4.79 Å². The van der Waals surface area contributed by atoms with Crippen LogP contribution in [-0.4, -0.2) is 81.7 Å². The van der Waals surface area contributed by atoms with Crippen molar-refractivity contribution in [2.45, 2.75) is 57.3 Å². The Kier molecular flexibility index (Phi) is 11.7. The van der Waals surface area contributed by atoms with E-state index >= 15 is 0 Å². The maximum atomic E-state index is 12.5. The van der Waals surface area contributed by atoms with Crippen molar-refractivity contribution in [1.29, 1.82) is 0 Å². The van der Waals surface area contributed by atoms with E-state index in [4.69, 9.17) is 21.7 Å². The lowest BCUT2D eigenvalue weighted by molar-refractivity contribution is -0.144. The van der Waals surface area contributed by atoms with Crippen LogP contribution in [0.25, 0.3) is 0 Å². The van der Waals surface area contributed by atoms with E-state index in [1.54, 1.807) is 13.8 Å².